The number of thiophene rings is 1. The summed E-state index contributed by atoms with van der Waals surface area (Å²) in [5.74, 6) is 1.63. The molecule has 0 amide bonds. The number of rotatable bonds is 7. The molecule has 0 spiro atoms. The third-order valence-electron chi connectivity index (χ3n) is 2.72. The molecule has 0 saturated heterocycles. The third kappa shape index (κ3) is 3.98. The second-order valence-corrected chi connectivity index (χ2v) is 6.75. The number of para-hydroxylation sites is 1. The second-order valence-electron chi connectivity index (χ2n) is 4.20. The van der Waals surface area contributed by atoms with Gasteiger partial charge in [0.15, 0.2) is 11.5 Å². The molecule has 0 fully saturated rings. The predicted molar refractivity (Wildman–Crippen MR) is 86.7 cm³/mol. The molecule has 20 heavy (non-hydrogen) atoms. The van der Waals surface area contributed by atoms with Crippen molar-refractivity contribution in [1.82, 2.24) is 5.32 Å². The van der Waals surface area contributed by atoms with Crippen LogP contribution in [0.3, 0.4) is 0 Å². The van der Waals surface area contributed by atoms with Gasteiger partial charge in [-0.05, 0) is 48.1 Å². The molecule has 0 saturated carbocycles. The Kier molecular flexibility index (Phi) is 5.88. The minimum Gasteiger partial charge on any atom is -0.490 e. The highest BCUT2D eigenvalue weighted by molar-refractivity contribution is 9.11. The molecule has 0 aliphatic heterocycles. The van der Waals surface area contributed by atoms with Gasteiger partial charge in [-0.25, -0.2) is 0 Å². The van der Waals surface area contributed by atoms with Crippen molar-refractivity contribution in [2.45, 2.75) is 20.1 Å². The maximum absolute atomic E-state index is 6.00. The Hall–Kier alpha value is -1.04. The summed E-state index contributed by atoms with van der Waals surface area (Å²) < 4.78 is 12.8. The van der Waals surface area contributed by atoms with Crippen LogP contribution in [0.25, 0.3) is 0 Å². The molecule has 1 aromatic carbocycles. The lowest BCUT2D eigenvalue weighted by molar-refractivity contribution is 0.268. The summed E-state index contributed by atoms with van der Waals surface area (Å²) in [6.07, 6.45) is 0. The molecule has 1 N–H and O–H groups in total. The Labute approximate surface area is 132 Å². The first kappa shape index (κ1) is 15.4. The van der Waals surface area contributed by atoms with Crippen molar-refractivity contribution in [3.05, 3.63) is 44.6 Å². The zero-order chi connectivity index (χ0) is 14.4. The molecule has 0 aliphatic rings. The van der Waals surface area contributed by atoms with Gasteiger partial charge in [-0.1, -0.05) is 12.1 Å². The van der Waals surface area contributed by atoms with Gasteiger partial charge in [-0.2, -0.15) is 0 Å². The smallest absolute Gasteiger partial charge is 0.166 e. The Bertz CT molecular complexity index is 532. The topological polar surface area (TPSA) is 30.5 Å². The van der Waals surface area contributed by atoms with Crippen molar-refractivity contribution < 1.29 is 9.47 Å². The molecule has 0 unspecified atom stereocenters. The summed E-state index contributed by atoms with van der Waals surface area (Å²) in [6.45, 7) is 3.91. The minimum absolute atomic E-state index is 0.553. The maximum Gasteiger partial charge on any atom is 0.166 e. The Balaban J connectivity index is 2.18. The Morgan fingerprint density at radius 3 is 2.70 bits per heavy atom. The first-order valence-corrected chi connectivity index (χ1v) is 8.11. The van der Waals surface area contributed by atoms with Crippen LogP contribution in [0.1, 0.15) is 17.4 Å². The number of hydrogen-bond acceptors (Lipinski definition) is 4. The summed E-state index contributed by atoms with van der Waals surface area (Å²) in [5, 5.41) is 3.16. The van der Waals surface area contributed by atoms with E-state index in [1.165, 1.54) is 4.88 Å². The van der Waals surface area contributed by atoms with E-state index in [0.29, 0.717) is 13.2 Å². The van der Waals surface area contributed by atoms with Crippen LogP contribution in [-0.4, -0.2) is 13.7 Å². The number of benzene rings is 1. The second kappa shape index (κ2) is 7.67. The van der Waals surface area contributed by atoms with Crippen molar-refractivity contribution >= 4 is 27.3 Å². The lowest BCUT2D eigenvalue weighted by atomic mass is 10.2. The fourth-order valence-electron chi connectivity index (χ4n) is 1.90. The van der Waals surface area contributed by atoms with Crippen LogP contribution in [0.5, 0.6) is 11.5 Å². The Morgan fingerprint density at radius 1 is 1.20 bits per heavy atom. The molecule has 1 heterocycles. The normalized spacial score (nSPS) is 10.6. The van der Waals surface area contributed by atoms with E-state index in [4.69, 9.17) is 9.47 Å². The standard InChI is InChI=1S/C15H18BrNO2S/c1-3-18-13-6-4-5-11(9-17-2)15(13)19-10-12-7-8-14(16)20-12/h4-8,17H,3,9-10H2,1-2H3. The number of hydrogen-bond donors (Lipinski definition) is 1. The molecule has 0 radical (unpaired) electrons. The van der Waals surface area contributed by atoms with Gasteiger partial charge < -0.3 is 14.8 Å². The number of halogens is 1. The van der Waals surface area contributed by atoms with Gasteiger partial charge in [0.1, 0.15) is 6.61 Å². The van der Waals surface area contributed by atoms with Crippen LogP contribution in [0.15, 0.2) is 34.1 Å². The van der Waals surface area contributed by atoms with Crippen LogP contribution in [-0.2, 0) is 13.2 Å². The van der Waals surface area contributed by atoms with Crippen molar-refractivity contribution in [1.29, 1.82) is 0 Å². The first-order valence-electron chi connectivity index (χ1n) is 6.51. The van der Waals surface area contributed by atoms with Crippen LogP contribution < -0.4 is 14.8 Å². The summed E-state index contributed by atoms with van der Waals surface area (Å²) in [5.41, 5.74) is 1.11. The van der Waals surface area contributed by atoms with Gasteiger partial charge in [0, 0.05) is 17.0 Å². The molecule has 0 atom stereocenters. The van der Waals surface area contributed by atoms with E-state index >= 15 is 0 Å². The zero-order valence-corrected chi connectivity index (χ0v) is 14.0. The van der Waals surface area contributed by atoms with Gasteiger partial charge in [0.25, 0.3) is 0 Å². The fraction of sp³-hybridized carbons (Fsp3) is 0.333. The van der Waals surface area contributed by atoms with Gasteiger partial charge in [-0.15, -0.1) is 11.3 Å². The highest BCUT2D eigenvalue weighted by Gasteiger charge is 2.11. The van der Waals surface area contributed by atoms with Gasteiger partial charge in [0.2, 0.25) is 0 Å². The van der Waals surface area contributed by atoms with E-state index in [9.17, 15) is 0 Å². The summed E-state index contributed by atoms with van der Waals surface area (Å²) in [6, 6.07) is 10.1. The van der Waals surface area contributed by atoms with E-state index < -0.39 is 0 Å². The van der Waals surface area contributed by atoms with Crippen molar-refractivity contribution in [3.63, 3.8) is 0 Å². The van der Waals surface area contributed by atoms with Crippen molar-refractivity contribution in [3.8, 4) is 11.5 Å². The van der Waals surface area contributed by atoms with E-state index in [2.05, 4.69) is 33.4 Å². The quantitative estimate of drug-likeness (QED) is 0.806. The predicted octanol–water partition coefficient (Wildman–Crippen LogP) is 4.21. The minimum atomic E-state index is 0.553. The molecule has 2 aromatic rings. The van der Waals surface area contributed by atoms with E-state index in [1.807, 2.05) is 32.2 Å². The third-order valence-corrected chi connectivity index (χ3v) is 4.31. The van der Waals surface area contributed by atoms with Crippen LogP contribution >= 0.6 is 27.3 Å². The largest absolute Gasteiger partial charge is 0.490 e. The number of nitrogens with one attached hydrogen (secondary N) is 1. The van der Waals surface area contributed by atoms with Gasteiger partial charge in [-0.3, -0.25) is 0 Å². The summed E-state index contributed by atoms with van der Waals surface area (Å²) in [7, 11) is 1.92. The molecule has 5 heteroatoms. The lowest BCUT2D eigenvalue weighted by Crippen LogP contribution is -2.08. The van der Waals surface area contributed by atoms with Crippen LogP contribution in [0.4, 0.5) is 0 Å². The Morgan fingerprint density at radius 2 is 2.05 bits per heavy atom. The van der Waals surface area contributed by atoms with Crippen molar-refractivity contribution in [2.75, 3.05) is 13.7 Å². The average molecular weight is 356 g/mol. The first-order chi connectivity index (χ1) is 9.74. The van der Waals surface area contributed by atoms with Crippen LogP contribution in [0.2, 0.25) is 0 Å². The monoisotopic (exact) mass is 355 g/mol. The SMILES string of the molecule is CCOc1cccc(CNC)c1OCc1ccc(Br)s1. The van der Waals surface area contributed by atoms with E-state index in [-0.39, 0.29) is 0 Å². The molecular formula is C15H18BrNO2S. The average Bonchev–Trinajstić information content (AvgIpc) is 2.84. The summed E-state index contributed by atoms with van der Waals surface area (Å²) in [4.78, 5) is 1.18. The molecule has 108 valence electrons. The highest BCUT2D eigenvalue weighted by Crippen LogP contribution is 2.33. The molecule has 1 aromatic heterocycles. The summed E-state index contributed by atoms with van der Waals surface area (Å²) >= 11 is 5.15. The lowest BCUT2D eigenvalue weighted by Gasteiger charge is -2.15. The fourth-order valence-corrected chi connectivity index (χ4v) is 3.29. The zero-order valence-electron chi connectivity index (χ0n) is 11.6. The molecule has 2 rings (SSSR count). The van der Waals surface area contributed by atoms with Gasteiger partial charge in [0.05, 0.1) is 10.4 Å². The highest BCUT2D eigenvalue weighted by atomic mass is 79.9. The maximum atomic E-state index is 6.00. The molecule has 0 bridgehead atoms. The molecule has 3 nitrogen and oxygen atoms in total. The molecule has 0 aliphatic carbocycles. The van der Waals surface area contributed by atoms with E-state index in [0.717, 1.165) is 27.4 Å². The molecular weight excluding hydrogens is 338 g/mol. The van der Waals surface area contributed by atoms with E-state index in [1.54, 1.807) is 11.3 Å². The number of ether oxygens (including phenoxy) is 2. The van der Waals surface area contributed by atoms with Crippen molar-refractivity contribution in [2.24, 2.45) is 0 Å². The van der Waals surface area contributed by atoms with Crippen LogP contribution in [0, 0.1) is 0 Å². The van der Waals surface area contributed by atoms with Gasteiger partial charge >= 0.3 is 0 Å².